The topological polar surface area (TPSA) is 56.1 Å². The fourth-order valence-electron chi connectivity index (χ4n) is 2.24. The molecule has 2 rings (SSSR count). The van der Waals surface area contributed by atoms with E-state index in [1.165, 1.54) is 18.2 Å². The summed E-state index contributed by atoms with van der Waals surface area (Å²) in [5.41, 5.74) is 0.801. The highest BCUT2D eigenvalue weighted by Crippen LogP contribution is 2.15. The van der Waals surface area contributed by atoms with E-state index in [9.17, 15) is 9.18 Å². The van der Waals surface area contributed by atoms with Crippen molar-refractivity contribution in [1.29, 1.82) is 5.26 Å². The smallest absolute Gasteiger partial charge is 0.240 e. The Hall–Kier alpha value is -1.93. The number of nitrogens with one attached hydrogen (secondary N) is 1. The monoisotopic (exact) mass is 261 g/mol. The van der Waals surface area contributed by atoms with E-state index in [4.69, 9.17) is 5.26 Å². The standard InChI is InChI=1S/C14H16FN3O/c1-2-13-14(19)18(6-5-17-13)9-11-7-10(8-16)3-4-12(11)15/h3-4,7,13,17H,2,5-6,9H2,1H3. The lowest BCUT2D eigenvalue weighted by Gasteiger charge is -2.32. The maximum Gasteiger partial charge on any atom is 0.240 e. The molecule has 1 atom stereocenters. The number of piperazine rings is 1. The molecule has 1 heterocycles. The second-order valence-electron chi connectivity index (χ2n) is 4.59. The molecule has 4 nitrogen and oxygen atoms in total. The first-order valence-corrected chi connectivity index (χ1v) is 6.36. The van der Waals surface area contributed by atoms with E-state index in [1.807, 2.05) is 13.0 Å². The second kappa shape index (κ2) is 5.81. The Morgan fingerprint density at radius 3 is 3.05 bits per heavy atom. The molecule has 19 heavy (non-hydrogen) atoms. The summed E-state index contributed by atoms with van der Waals surface area (Å²) in [5.74, 6) is -0.381. The molecule has 1 unspecified atom stereocenters. The van der Waals surface area contributed by atoms with Crippen molar-refractivity contribution >= 4 is 5.91 Å². The van der Waals surface area contributed by atoms with Gasteiger partial charge in [0.15, 0.2) is 0 Å². The zero-order valence-corrected chi connectivity index (χ0v) is 10.8. The molecule has 1 aromatic carbocycles. The third-order valence-electron chi connectivity index (χ3n) is 3.33. The Morgan fingerprint density at radius 2 is 2.37 bits per heavy atom. The molecule has 5 heteroatoms. The molecule has 1 aromatic rings. The molecule has 1 N–H and O–H groups in total. The van der Waals surface area contributed by atoms with Crippen LogP contribution in [0.4, 0.5) is 4.39 Å². The first-order valence-electron chi connectivity index (χ1n) is 6.36. The third-order valence-corrected chi connectivity index (χ3v) is 3.33. The van der Waals surface area contributed by atoms with Gasteiger partial charge in [-0.25, -0.2) is 4.39 Å². The van der Waals surface area contributed by atoms with Crippen molar-refractivity contribution in [3.63, 3.8) is 0 Å². The summed E-state index contributed by atoms with van der Waals surface area (Å²) in [6.45, 7) is 3.43. The van der Waals surface area contributed by atoms with Gasteiger partial charge in [0, 0.05) is 25.2 Å². The number of benzene rings is 1. The van der Waals surface area contributed by atoms with Crippen LogP contribution in [0.5, 0.6) is 0 Å². The number of halogens is 1. The van der Waals surface area contributed by atoms with E-state index in [1.54, 1.807) is 4.90 Å². The molecule has 1 fully saturated rings. The van der Waals surface area contributed by atoms with E-state index in [0.717, 1.165) is 6.42 Å². The Morgan fingerprint density at radius 1 is 1.58 bits per heavy atom. The lowest BCUT2D eigenvalue weighted by atomic mass is 10.1. The van der Waals surface area contributed by atoms with Crippen molar-refractivity contribution in [1.82, 2.24) is 10.2 Å². The molecule has 1 aliphatic rings. The van der Waals surface area contributed by atoms with Crippen molar-refractivity contribution in [2.24, 2.45) is 0 Å². The Balaban J connectivity index is 2.16. The van der Waals surface area contributed by atoms with Gasteiger partial charge in [0.1, 0.15) is 5.82 Å². The van der Waals surface area contributed by atoms with Crippen LogP contribution in [0.3, 0.4) is 0 Å². The van der Waals surface area contributed by atoms with Gasteiger partial charge in [-0.2, -0.15) is 5.26 Å². The summed E-state index contributed by atoms with van der Waals surface area (Å²) in [5, 5.41) is 12.0. The van der Waals surface area contributed by atoms with Crippen molar-refractivity contribution < 1.29 is 9.18 Å². The van der Waals surface area contributed by atoms with Gasteiger partial charge >= 0.3 is 0 Å². The van der Waals surface area contributed by atoms with Gasteiger partial charge in [0.2, 0.25) is 5.91 Å². The quantitative estimate of drug-likeness (QED) is 0.895. The zero-order valence-electron chi connectivity index (χ0n) is 10.8. The zero-order chi connectivity index (χ0) is 13.8. The van der Waals surface area contributed by atoms with Crippen LogP contribution in [0.2, 0.25) is 0 Å². The minimum absolute atomic E-state index is 0.00416. The van der Waals surface area contributed by atoms with Crippen LogP contribution >= 0.6 is 0 Å². The number of carbonyl (C=O) groups is 1. The molecule has 1 aliphatic heterocycles. The SMILES string of the molecule is CCC1NCCN(Cc2cc(C#N)ccc2F)C1=O. The first kappa shape index (κ1) is 13.5. The van der Waals surface area contributed by atoms with Crippen LogP contribution in [0.25, 0.3) is 0 Å². The van der Waals surface area contributed by atoms with Crippen LogP contribution < -0.4 is 5.32 Å². The summed E-state index contributed by atoms with van der Waals surface area (Å²) in [6, 6.07) is 6.02. The highest BCUT2D eigenvalue weighted by molar-refractivity contribution is 5.82. The number of hydrogen-bond acceptors (Lipinski definition) is 3. The molecule has 0 saturated carbocycles. The predicted molar refractivity (Wildman–Crippen MR) is 68.6 cm³/mol. The molecule has 0 aliphatic carbocycles. The summed E-state index contributed by atoms with van der Waals surface area (Å²) in [7, 11) is 0. The van der Waals surface area contributed by atoms with E-state index in [-0.39, 0.29) is 24.3 Å². The van der Waals surface area contributed by atoms with E-state index < -0.39 is 0 Å². The minimum atomic E-state index is -0.376. The number of nitrogens with zero attached hydrogens (tertiary/aromatic N) is 2. The molecular formula is C14H16FN3O. The lowest BCUT2D eigenvalue weighted by Crippen LogP contribution is -2.54. The largest absolute Gasteiger partial charge is 0.336 e. The average molecular weight is 261 g/mol. The van der Waals surface area contributed by atoms with Crippen LogP contribution in [-0.2, 0) is 11.3 Å². The summed E-state index contributed by atoms with van der Waals surface area (Å²) in [4.78, 5) is 13.7. The number of rotatable bonds is 3. The van der Waals surface area contributed by atoms with E-state index >= 15 is 0 Å². The van der Waals surface area contributed by atoms with Crippen LogP contribution in [0.1, 0.15) is 24.5 Å². The van der Waals surface area contributed by atoms with E-state index in [2.05, 4.69) is 5.32 Å². The van der Waals surface area contributed by atoms with Crippen molar-refractivity contribution in [3.05, 3.63) is 35.1 Å². The Kier molecular flexibility index (Phi) is 4.13. The first-order chi connectivity index (χ1) is 9.15. The fraction of sp³-hybridized carbons (Fsp3) is 0.429. The van der Waals surface area contributed by atoms with Crippen molar-refractivity contribution in [2.75, 3.05) is 13.1 Å². The Labute approximate surface area is 111 Å². The van der Waals surface area contributed by atoms with Gasteiger partial charge in [-0.15, -0.1) is 0 Å². The normalized spacial score (nSPS) is 19.3. The lowest BCUT2D eigenvalue weighted by molar-refractivity contribution is -0.136. The van der Waals surface area contributed by atoms with Gasteiger partial charge in [-0.05, 0) is 24.6 Å². The van der Waals surface area contributed by atoms with Crippen LogP contribution in [-0.4, -0.2) is 29.9 Å². The third kappa shape index (κ3) is 2.91. The highest BCUT2D eigenvalue weighted by Gasteiger charge is 2.27. The average Bonchev–Trinajstić information content (AvgIpc) is 2.43. The molecule has 0 bridgehead atoms. The molecule has 1 amide bonds. The van der Waals surface area contributed by atoms with Crippen LogP contribution in [0, 0.1) is 17.1 Å². The highest BCUT2D eigenvalue weighted by atomic mass is 19.1. The van der Waals surface area contributed by atoms with Gasteiger partial charge in [0.05, 0.1) is 17.7 Å². The van der Waals surface area contributed by atoms with Crippen LogP contribution in [0.15, 0.2) is 18.2 Å². The second-order valence-corrected chi connectivity index (χ2v) is 4.59. The number of hydrogen-bond donors (Lipinski definition) is 1. The number of amides is 1. The van der Waals surface area contributed by atoms with Gasteiger partial charge in [0.25, 0.3) is 0 Å². The minimum Gasteiger partial charge on any atom is -0.336 e. The fourth-order valence-corrected chi connectivity index (χ4v) is 2.24. The molecule has 0 spiro atoms. The molecular weight excluding hydrogens is 245 g/mol. The molecule has 0 radical (unpaired) electrons. The Bertz CT molecular complexity index is 524. The molecule has 100 valence electrons. The van der Waals surface area contributed by atoms with Crippen molar-refractivity contribution in [2.45, 2.75) is 25.9 Å². The maximum absolute atomic E-state index is 13.7. The van der Waals surface area contributed by atoms with Crippen molar-refractivity contribution in [3.8, 4) is 6.07 Å². The summed E-state index contributed by atoms with van der Waals surface area (Å²) >= 11 is 0. The summed E-state index contributed by atoms with van der Waals surface area (Å²) < 4.78 is 13.7. The van der Waals surface area contributed by atoms with Gasteiger partial charge < -0.3 is 10.2 Å². The predicted octanol–water partition coefficient (Wildman–Crippen LogP) is 1.41. The number of nitriles is 1. The maximum atomic E-state index is 13.7. The molecule has 1 saturated heterocycles. The molecule has 0 aromatic heterocycles. The van der Waals surface area contributed by atoms with E-state index in [0.29, 0.717) is 24.2 Å². The summed E-state index contributed by atoms with van der Waals surface area (Å²) in [6.07, 6.45) is 0.718. The van der Waals surface area contributed by atoms with Gasteiger partial charge in [-0.1, -0.05) is 6.92 Å². The number of carbonyl (C=O) groups excluding carboxylic acids is 1. The van der Waals surface area contributed by atoms with Gasteiger partial charge in [-0.3, -0.25) is 4.79 Å².